The molecule has 2 aliphatic heterocycles. The van der Waals surface area contributed by atoms with Gasteiger partial charge in [0.15, 0.2) is 0 Å². The molecule has 0 radical (unpaired) electrons. The lowest BCUT2D eigenvalue weighted by Crippen LogP contribution is -2.50. The zero-order valence-corrected chi connectivity index (χ0v) is 13.5. The zero-order valence-electron chi connectivity index (χ0n) is 13.5. The molecule has 0 saturated carbocycles. The summed E-state index contributed by atoms with van der Waals surface area (Å²) in [6, 6.07) is 0. The van der Waals surface area contributed by atoms with Gasteiger partial charge >= 0.3 is 17.8 Å². The van der Waals surface area contributed by atoms with Gasteiger partial charge in [0.25, 0.3) is 0 Å². The molecule has 6 nitrogen and oxygen atoms in total. The molecule has 2 aliphatic rings. The molecule has 0 spiro atoms. The number of hydrogen-bond donors (Lipinski definition) is 0. The van der Waals surface area contributed by atoms with Crippen LogP contribution in [0.3, 0.4) is 0 Å². The number of hydrogen-bond acceptors (Lipinski definition) is 4. The highest BCUT2D eigenvalue weighted by Crippen LogP contribution is 2.20. The molecule has 0 aliphatic carbocycles. The van der Waals surface area contributed by atoms with E-state index in [2.05, 4.69) is 6.92 Å². The Labute approximate surface area is 131 Å². The van der Waals surface area contributed by atoms with Gasteiger partial charge in [-0.1, -0.05) is 6.92 Å². The fourth-order valence-corrected chi connectivity index (χ4v) is 3.06. The maximum atomic E-state index is 12.3. The molecule has 0 atom stereocenters. The molecule has 2 heterocycles. The van der Waals surface area contributed by atoms with Gasteiger partial charge in [-0.25, -0.2) is 0 Å². The quantitative estimate of drug-likeness (QED) is 0.565. The maximum absolute atomic E-state index is 12.3. The summed E-state index contributed by atoms with van der Waals surface area (Å²) in [7, 11) is 0. The first-order valence-corrected chi connectivity index (χ1v) is 8.27. The maximum Gasteiger partial charge on any atom is 0.312 e. The second kappa shape index (κ2) is 7.61. The summed E-state index contributed by atoms with van der Waals surface area (Å²) in [5, 5.41) is 0. The van der Waals surface area contributed by atoms with Crippen LogP contribution in [0, 0.1) is 11.8 Å². The molecular formula is C16H26N2O4. The van der Waals surface area contributed by atoms with E-state index >= 15 is 0 Å². The third-order valence-corrected chi connectivity index (χ3v) is 4.66. The van der Waals surface area contributed by atoms with E-state index in [1.54, 1.807) is 16.7 Å². The zero-order chi connectivity index (χ0) is 16.1. The molecule has 0 N–H and O–H groups in total. The molecule has 124 valence electrons. The Morgan fingerprint density at radius 3 is 1.82 bits per heavy atom. The van der Waals surface area contributed by atoms with Gasteiger partial charge in [-0.2, -0.15) is 0 Å². The van der Waals surface area contributed by atoms with Crippen LogP contribution in [0.5, 0.6) is 0 Å². The Morgan fingerprint density at radius 1 is 0.909 bits per heavy atom. The van der Waals surface area contributed by atoms with Crippen LogP contribution in [0.15, 0.2) is 0 Å². The van der Waals surface area contributed by atoms with Crippen molar-refractivity contribution in [3.05, 3.63) is 0 Å². The average Bonchev–Trinajstić information content (AvgIpc) is 2.54. The molecule has 2 saturated heterocycles. The van der Waals surface area contributed by atoms with Crippen LogP contribution in [0.1, 0.15) is 39.5 Å². The topological polar surface area (TPSA) is 66.9 Å². The monoisotopic (exact) mass is 310 g/mol. The number of likely N-dealkylation sites (tertiary alicyclic amines) is 2. The summed E-state index contributed by atoms with van der Waals surface area (Å²) in [5.74, 6) is -0.515. The molecule has 2 fully saturated rings. The van der Waals surface area contributed by atoms with Gasteiger partial charge < -0.3 is 14.5 Å². The molecule has 0 aromatic heterocycles. The first-order valence-electron chi connectivity index (χ1n) is 8.27. The molecule has 6 heteroatoms. The van der Waals surface area contributed by atoms with E-state index in [9.17, 15) is 14.4 Å². The van der Waals surface area contributed by atoms with Crippen molar-refractivity contribution < 1.29 is 19.1 Å². The number of ether oxygens (including phenoxy) is 1. The van der Waals surface area contributed by atoms with Crippen molar-refractivity contribution in [3.63, 3.8) is 0 Å². The first kappa shape index (κ1) is 16.8. The van der Waals surface area contributed by atoms with Crippen molar-refractivity contribution in [1.29, 1.82) is 0 Å². The van der Waals surface area contributed by atoms with Crippen molar-refractivity contribution in [2.45, 2.75) is 39.5 Å². The Balaban J connectivity index is 1.82. The third kappa shape index (κ3) is 3.99. The van der Waals surface area contributed by atoms with Crippen molar-refractivity contribution in [2.75, 3.05) is 32.8 Å². The molecule has 0 unspecified atom stereocenters. The van der Waals surface area contributed by atoms with Gasteiger partial charge in [-0.3, -0.25) is 14.4 Å². The molecule has 0 aromatic carbocycles. The number of carbonyl (C=O) groups is 3. The molecule has 22 heavy (non-hydrogen) atoms. The molecular weight excluding hydrogens is 284 g/mol. The van der Waals surface area contributed by atoms with Crippen LogP contribution in [0.2, 0.25) is 0 Å². The Bertz CT molecular complexity index is 422. The van der Waals surface area contributed by atoms with E-state index in [0.717, 1.165) is 12.8 Å². The van der Waals surface area contributed by atoms with Gasteiger partial charge in [0.1, 0.15) is 0 Å². The van der Waals surface area contributed by atoms with E-state index in [1.807, 2.05) is 0 Å². The molecule has 0 bridgehead atoms. The van der Waals surface area contributed by atoms with E-state index in [4.69, 9.17) is 4.74 Å². The SMILES string of the molecule is CCOC(=O)C1CCN(C(=O)C(=O)N2CCC(C)CC2)CC1. The number of piperidine rings is 2. The number of esters is 1. The molecule has 2 rings (SSSR count). The van der Waals surface area contributed by atoms with Gasteiger partial charge in [0.2, 0.25) is 0 Å². The minimum absolute atomic E-state index is 0.144. The second-order valence-corrected chi connectivity index (χ2v) is 6.29. The minimum atomic E-state index is -0.420. The fourth-order valence-electron chi connectivity index (χ4n) is 3.06. The van der Waals surface area contributed by atoms with Crippen molar-refractivity contribution in [1.82, 2.24) is 9.80 Å². The third-order valence-electron chi connectivity index (χ3n) is 4.66. The summed E-state index contributed by atoms with van der Waals surface area (Å²) in [6.07, 6.45) is 3.08. The van der Waals surface area contributed by atoms with Crippen LogP contribution < -0.4 is 0 Å². The Kier molecular flexibility index (Phi) is 5.80. The predicted octanol–water partition coefficient (Wildman–Crippen LogP) is 1.05. The van der Waals surface area contributed by atoms with Gasteiger partial charge in [0, 0.05) is 26.2 Å². The van der Waals surface area contributed by atoms with Crippen LogP contribution in [0.25, 0.3) is 0 Å². The van der Waals surface area contributed by atoms with E-state index in [1.165, 1.54) is 0 Å². The number of nitrogens with zero attached hydrogens (tertiary/aromatic N) is 2. The van der Waals surface area contributed by atoms with Crippen molar-refractivity contribution >= 4 is 17.8 Å². The summed E-state index contributed by atoms with van der Waals surface area (Å²) in [5.41, 5.74) is 0. The number of carbonyl (C=O) groups excluding carboxylic acids is 3. The summed E-state index contributed by atoms with van der Waals surface area (Å²) in [6.45, 7) is 6.59. The highest BCUT2D eigenvalue weighted by Gasteiger charge is 2.33. The smallest absolute Gasteiger partial charge is 0.312 e. The predicted molar refractivity (Wildman–Crippen MR) is 80.9 cm³/mol. The molecule has 0 aromatic rings. The highest BCUT2D eigenvalue weighted by molar-refractivity contribution is 6.34. The minimum Gasteiger partial charge on any atom is -0.466 e. The Morgan fingerprint density at radius 2 is 1.36 bits per heavy atom. The van der Waals surface area contributed by atoms with Crippen LogP contribution in [-0.2, 0) is 19.1 Å². The van der Waals surface area contributed by atoms with E-state index < -0.39 is 5.91 Å². The lowest BCUT2D eigenvalue weighted by atomic mass is 9.96. The van der Waals surface area contributed by atoms with Crippen LogP contribution in [-0.4, -0.2) is 60.4 Å². The summed E-state index contributed by atoms with van der Waals surface area (Å²) in [4.78, 5) is 39.5. The standard InChI is InChI=1S/C16H26N2O4/c1-3-22-16(21)13-6-10-18(11-7-13)15(20)14(19)17-8-4-12(2)5-9-17/h12-13H,3-11H2,1-2H3. The summed E-state index contributed by atoms with van der Waals surface area (Å²) < 4.78 is 5.01. The van der Waals surface area contributed by atoms with E-state index in [-0.39, 0.29) is 17.8 Å². The lowest BCUT2D eigenvalue weighted by molar-refractivity contribution is -0.156. The van der Waals surface area contributed by atoms with Gasteiger partial charge in [-0.15, -0.1) is 0 Å². The summed E-state index contributed by atoms with van der Waals surface area (Å²) >= 11 is 0. The lowest BCUT2D eigenvalue weighted by Gasteiger charge is -2.34. The van der Waals surface area contributed by atoms with Gasteiger partial charge in [0.05, 0.1) is 12.5 Å². The van der Waals surface area contributed by atoms with Crippen LogP contribution >= 0.6 is 0 Å². The number of rotatable bonds is 2. The largest absolute Gasteiger partial charge is 0.466 e. The first-order chi connectivity index (χ1) is 10.5. The highest BCUT2D eigenvalue weighted by atomic mass is 16.5. The average molecular weight is 310 g/mol. The second-order valence-electron chi connectivity index (χ2n) is 6.29. The molecule has 2 amide bonds. The van der Waals surface area contributed by atoms with Crippen molar-refractivity contribution in [2.24, 2.45) is 11.8 Å². The fraction of sp³-hybridized carbons (Fsp3) is 0.812. The normalized spacial score (nSPS) is 20.8. The number of amides is 2. The van der Waals surface area contributed by atoms with Crippen LogP contribution in [0.4, 0.5) is 0 Å². The van der Waals surface area contributed by atoms with Gasteiger partial charge in [-0.05, 0) is 38.5 Å². The van der Waals surface area contributed by atoms with Crippen molar-refractivity contribution in [3.8, 4) is 0 Å². The van der Waals surface area contributed by atoms with E-state index in [0.29, 0.717) is 51.5 Å². The Hall–Kier alpha value is -1.59.